The van der Waals surface area contributed by atoms with E-state index in [0.29, 0.717) is 34.6 Å². The molecule has 0 saturated heterocycles. The summed E-state index contributed by atoms with van der Waals surface area (Å²) < 4.78 is 10.7. The van der Waals surface area contributed by atoms with Crippen molar-refractivity contribution in [1.82, 2.24) is 15.0 Å². The van der Waals surface area contributed by atoms with E-state index in [9.17, 15) is 4.79 Å². The predicted octanol–water partition coefficient (Wildman–Crippen LogP) is 2.97. The molecule has 7 heteroatoms. The summed E-state index contributed by atoms with van der Waals surface area (Å²) >= 11 is 0. The van der Waals surface area contributed by atoms with Gasteiger partial charge in [0.05, 0.1) is 29.6 Å². The molecule has 3 rings (SSSR count). The van der Waals surface area contributed by atoms with E-state index in [1.165, 1.54) is 4.80 Å². The van der Waals surface area contributed by atoms with Crippen molar-refractivity contribution in [3.8, 4) is 11.4 Å². The first-order chi connectivity index (χ1) is 12.0. The molecule has 0 bridgehead atoms. The number of rotatable bonds is 5. The summed E-state index contributed by atoms with van der Waals surface area (Å²) in [6.45, 7) is 6.05. The molecular weight excluding hydrogens is 320 g/mol. The van der Waals surface area contributed by atoms with E-state index in [0.717, 1.165) is 5.69 Å². The molecule has 0 aliphatic carbocycles. The van der Waals surface area contributed by atoms with Gasteiger partial charge in [-0.05, 0) is 51.1 Å². The normalized spacial score (nSPS) is 11.0. The number of hydrogen-bond donors (Lipinski definition) is 1. The molecule has 130 valence electrons. The Morgan fingerprint density at radius 2 is 1.80 bits per heavy atom. The van der Waals surface area contributed by atoms with Gasteiger partial charge in [-0.1, -0.05) is 0 Å². The maximum Gasteiger partial charge on any atom is 0.338 e. The van der Waals surface area contributed by atoms with Crippen LogP contribution < -0.4 is 10.5 Å². The van der Waals surface area contributed by atoms with Gasteiger partial charge in [-0.3, -0.25) is 0 Å². The molecular formula is C18H20N4O3. The molecule has 0 atom stereocenters. The molecule has 0 amide bonds. The first-order valence-corrected chi connectivity index (χ1v) is 8.08. The van der Waals surface area contributed by atoms with Crippen LogP contribution in [0.4, 0.5) is 5.69 Å². The van der Waals surface area contributed by atoms with Gasteiger partial charge in [0.25, 0.3) is 0 Å². The number of carbonyl (C=O) groups excluding carboxylic acids is 1. The third kappa shape index (κ3) is 3.55. The zero-order valence-electron chi connectivity index (χ0n) is 14.4. The summed E-state index contributed by atoms with van der Waals surface area (Å²) in [7, 11) is 0. The van der Waals surface area contributed by atoms with Crippen LogP contribution in [0.5, 0.6) is 5.75 Å². The van der Waals surface area contributed by atoms with E-state index < -0.39 is 0 Å². The Balaban J connectivity index is 1.90. The number of nitrogens with two attached hydrogens (primary N) is 1. The highest BCUT2D eigenvalue weighted by Gasteiger charge is 2.12. The zero-order valence-corrected chi connectivity index (χ0v) is 14.4. The Morgan fingerprint density at radius 1 is 1.16 bits per heavy atom. The Kier molecular flexibility index (Phi) is 4.56. The minimum atomic E-state index is -0.353. The molecule has 0 unspecified atom stereocenters. The number of aromatic nitrogens is 3. The Hall–Kier alpha value is -3.09. The number of anilines is 1. The van der Waals surface area contributed by atoms with Gasteiger partial charge >= 0.3 is 5.97 Å². The van der Waals surface area contributed by atoms with E-state index in [2.05, 4.69) is 10.2 Å². The van der Waals surface area contributed by atoms with Crippen LogP contribution in [0, 0.1) is 0 Å². The lowest BCUT2D eigenvalue weighted by Gasteiger charge is -2.08. The summed E-state index contributed by atoms with van der Waals surface area (Å²) in [5.41, 5.74) is 9.05. The third-order valence-electron chi connectivity index (χ3n) is 3.49. The highest BCUT2D eigenvalue weighted by Crippen LogP contribution is 2.26. The number of benzene rings is 2. The molecule has 0 fully saturated rings. The molecule has 1 heterocycles. The van der Waals surface area contributed by atoms with Gasteiger partial charge in [0.15, 0.2) is 0 Å². The fraction of sp³-hybridized carbons (Fsp3) is 0.278. The number of esters is 1. The van der Waals surface area contributed by atoms with Gasteiger partial charge in [-0.25, -0.2) is 4.79 Å². The smallest absolute Gasteiger partial charge is 0.338 e. The van der Waals surface area contributed by atoms with E-state index in [1.54, 1.807) is 36.4 Å². The van der Waals surface area contributed by atoms with Crippen LogP contribution in [0.3, 0.4) is 0 Å². The van der Waals surface area contributed by atoms with Gasteiger partial charge < -0.3 is 15.2 Å². The number of carbonyl (C=O) groups is 1. The standard InChI is InChI=1S/C18H20N4O3/c1-4-24-17-10-16-15(9-14(17)19)20-22(21-16)13-7-5-12(6-8-13)18(23)25-11(2)3/h5-11H,4,19H2,1-3H3. The lowest BCUT2D eigenvalue weighted by atomic mass is 10.2. The van der Waals surface area contributed by atoms with Crippen LogP contribution in [-0.2, 0) is 4.74 Å². The highest BCUT2D eigenvalue weighted by atomic mass is 16.5. The number of fused-ring (bicyclic) bond motifs is 1. The quantitative estimate of drug-likeness (QED) is 0.567. The molecule has 0 aliphatic heterocycles. The maximum absolute atomic E-state index is 11.9. The van der Waals surface area contributed by atoms with E-state index in [4.69, 9.17) is 15.2 Å². The molecule has 0 radical (unpaired) electrons. The largest absolute Gasteiger partial charge is 0.492 e. The average Bonchev–Trinajstić information content (AvgIpc) is 2.97. The maximum atomic E-state index is 11.9. The van der Waals surface area contributed by atoms with Crippen molar-refractivity contribution in [2.75, 3.05) is 12.3 Å². The van der Waals surface area contributed by atoms with Crippen molar-refractivity contribution in [1.29, 1.82) is 0 Å². The van der Waals surface area contributed by atoms with Crippen LogP contribution in [-0.4, -0.2) is 33.7 Å². The monoisotopic (exact) mass is 340 g/mol. The molecule has 2 N–H and O–H groups in total. The van der Waals surface area contributed by atoms with Crippen molar-refractivity contribution in [2.45, 2.75) is 26.9 Å². The summed E-state index contributed by atoms with van der Waals surface area (Å²) in [6.07, 6.45) is -0.157. The van der Waals surface area contributed by atoms with Gasteiger partial charge in [-0.2, -0.15) is 4.80 Å². The summed E-state index contributed by atoms with van der Waals surface area (Å²) in [5, 5.41) is 8.87. The summed E-state index contributed by atoms with van der Waals surface area (Å²) in [5.74, 6) is 0.239. The topological polar surface area (TPSA) is 92.3 Å². The molecule has 1 aromatic heterocycles. The lowest BCUT2D eigenvalue weighted by molar-refractivity contribution is 0.0378. The predicted molar refractivity (Wildman–Crippen MR) is 95.0 cm³/mol. The van der Waals surface area contributed by atoms with Gasteiger partial charge in [0, 0.05) is 6.07 Å². The lowest BCUT2D eigenvalue weighted by Crippen LogP contribution is -2.11. The van der Waals surface area contributed by atoms with Gasteiger partial charge in [-0.15, -0.1) is 10.2 Å². The third-order valence-corrected chi connectivity index (χ3v) is 3.49. The molecule has 2 aromatic carbocycles. The summed E-state index contributed by atoms with van der Waals surface area (Å²) in [6, 6.07) is 10.4. The highest BCUT2D eigenvalue weighted by molar-refractivity contribution is 5.89. The van der Waals surface area contributed by atoms with Crippen molar-refractivity contribution in [3.05, 3.63) is 42.0 Å². The van der Waals surface area contributed by atoms with Crippen LogP contribution in [0.15, 0.2) is 36.4 Å². The molecule has 7 nitrogen and oxygen atoms in total. The number of nitrogen functional groups attached to an aromatic ring is 1. The molecule has 3 aromatic rings. The number of hydrogen-bond acceptors (Lipinski definition) is 6. The second-order valence-electron chi connectivity index (χ2n) is 5.80. The van der Waals surface area contributed by atoms with E-state index in [-0.39, 0.29) is 12.1 Å². The Morgan fingerprint density at radius 3 is 2.40 bits per heavy atom. The molecule has 0 aliphatic rings. The SMILES string of the molecule is CCOc1cc2nn(-c3ccc(C(=O)OC(C)C)cc3)nc2cc1N. The van der Waals surface area contributed by atoms with Crippen LogP contribution in [0.2, 0.25) is 0 Å². The second kappa shape index (κ2) is 6.80. The Labute approximate surface area is 145 Å². The van der Waals surface area contributed by atoms with Crippen molar-refractivity contribution in [3.63, 3.8) is 0 Å². The first-order valence-electron chi connectivity index (χ1n) is 8.08. The van der Waals surface area contributed by atoms with Crippen molar-refractivity contribution >= 4 is 22.7 Å². The fourth-order valence-electron chi connectivity index (χ4n) is 2.37. The van der Waals surface area contributed by atoms with Crippen LogP contribution >= 0.6 is 0 Å². The van der Waals surface area contributed by atoms with Crippen molar-refractivity contribution < 1.29 is 14.3 Å². The second-order valence-corrected chi connectivity index (χ2v) is 5.80. The van der Waals surface area contributed by atoms with Gasteiger partial charge in [0.1, 0.15) is 16.8 Å². The number of nitrogens with zero attached hydrogens (tertiary/aromatic N) is 3. The first kappa shape index (κ1) is 16.8. The van der Waals surface area contributed by atoms with Crippen LogP contribution in [0.1, 0.15) is 31.1 Å². The van der Waals surface area contributed by atoms with E-state index in [1.807, 2.05) is 20.8 Å². The molecule has 0 saturated carbocycles. The Bertz CT molecular complexity index is 901. The minimum absolute atomic E-state index is 0.157. The average molecular weight is 340 g/mol. The van der Waals surface area contributed by atoms with Gasteiger partial charge in [0.2, 0.25) is 0 Å². The molecule has 25 heavy (non-hydrogen) atoms. The number of ether oxygens (including phenoxy) is 2. The zero-order chi connectivity index (χ0) is 18.0. The van der Waals surface area contributed by atoms with E-state index >= 15 is 0 Å². The fourth-order valence-corrected chi connectivity index (χ4v) is 2.37. The van der Waals surface area contributed by atoms with Crippen molar-refractivity contribution in [2.24, 2.45) is 0 Å². The summed E-state index contributed by atoms with van der Waals surface area (Å²) in [4.78, 5) is 13.4. The minimum Gasteiger partial charge on any atom is -0.492 e. The molecule has 0 spiro atoms. The van der Waals surface area contributed by atoms with Crippen LogP contribution in [0.25, 0.3) is 16.7 Å².